The van der Waals surface area contributed by atoms with Gasteiger partial charge in [0.15, 0.2) is 5.03 Å². The number of thiazole rings is 1. The molecule has 1 fully saturated rings. The zero-order chi connectivity index (χ0) is 31.0. The zero-order valence-electron chi connectivity index (χ0n) is 24.9. The third kappa shape index (κ3) is 6.08. The predicted molar refractivity (Wildman–Crippen MR) is 171 cm³/mol. The number of benzene rings is 1. The first-order valence-electron chi connectivity index (χ1n) is 14.1. The van der Waals surface area contributed by atoms with Crippen LogP contribution in [0.15, 0.2) is 68.5 Å². The number of nitrogens with zero attached hydrogens (tertiary/aromatic N) is 8. The molecule has 6 rings (SSSR count). The highest BCUT2D eigenvalue weighted by Crippen LogP contribution is 2.27. The van der Waals surface area contributed by atoms with E-state index in [0.29, 0.717) is 36.1 Å². The van der Waals surface area contributed by atoms with Crippen LogP contribution in [0.2, 0.25) is 0 Å². The van der Waals surface area contributed by atoms with E-state index in [-0.39, 0.29) is 26.2 Å². The maximum atomic E-state index is 13.9. The number of pyridine rings is 1. The Balaban J connectivity index is 1.33. The lowest BCUT2D eigenvalue weighted by Gasteiger charge is -2.16. The maximum Gasteiger partial charge on any atom is 0.263 e. The fourth-order valence-electron chi connectivity index (χ4n) is 5.21. The largest absolute Gasteiger partial charge is 0.381 e. The topological polar surface area (TPSA) is 143 Å². The number of hydrogen-bond acceptors (Lipinski definition) is 12. The molecule has 0 amide bonds. The first-order chi connectivity index (χ1) is 21.1. The van der Waals surface area contributed by atoms with Crippen LogP contribution >= 0.6 is 11.3 Å². The Morgan fingerprint density at radius 1 is 1.09 bits per heavy atom. The van der Waals surface area contributed by atoms with Crippen LogP contribution in [-0.4, -0.2) is 94.1 Å². The summed E-state index contributed by atoms with van der Waals surface area (Å²) < 4.78 is 29.4. The smallest absolute Gasteiger partial charge is 0.263 e. The number of nitrogens with one attached hydrogen (secondary N) is 2. The van der Waals surface area contributed by atoms with E-state index in [2.05, 4.69) is 37.5 Å². The molecule has 0 bridgehead atoms. The second kappa shape index (κ2) is 12.1. The van der Waals surface area contributed by atoms with Crippen molar-refractivity contribution < 1.29 is 8.42 Å². The van der Waals surface area contributed by atoms with Gasteiger partial charge < -0.3 is 25.0 Å². The van der Waals surface area contributed by atoms with Crippen LogP contribution in [0.4, 0.5) is 17.3 Å². The summed E-state index contributed by atoms with van der Waals surface area (Å²) in [6.07, 6.45) is 5.48. The Morgan fingerprint density at radius 2 is 1.86 bits per heavy atom. The second-order valence-corrected chi connectivity index (χ2v) is 14.2. The summed E-state index contributed by atoms with van der Waals surface area (Å²) in [5.74, 6) is 0.593. The minimum atomic E-state index is -3.87. The van der Waals surface area contributed by atoms with Crippen molar-refractivity contribution in [1.82, 2.24) is 38.9 Å². The fourth-order valence-corrected chi connectivity index (χ4v) is 7.36. The number of imidazole rings is 1. The molecule has 0 aliphatic carbocycles. The standard InChI is InChI=1S/C29H34N10O3S2/c1-36(2)11-12-39-26-19(13-23(28(39)40)27-34-24(17-38(27)4)44(41,42)25-15-30-18-43-25)14-31-29(35-26)33-21-7-5-20(6-8-21)32-22-9-10-37(3)16-22/h5-8,13-15,17-18,22,32H,9-12,16H2,1-4H3,(H,31,33,35). The van der Waals surface area contributed by atoms with Gasteiger partial charge in [-0.3, -0.25) is 14.3 Å². The highest BCUT2D eigenvalue weighted by molar-refractivity contribution is 7.93. The molecule has 230 valence electrons. The van der Waals surface area contributed by atoms with Crippen molar-refractivity contribution in [2.45, 2.75) is 28.2 Å². The average Bonchev–Trinajstić information content (AvgIpc) is 3.76. The molecule has 44 heavy (non-hydrogen) atoms. The van der Waals surface area contributed by atoms with Gasteiger partial charge in [-0.1, -0.05) is 0 Å². The molecule has 1 saturated heterocycles. The molecule has 4 aromatic heterocycles. The lowest BCUT2D eigenvalue weighted by Crippen LogP contribution is -2.29. The van der Waals surface area contributed by atoms with Crippen LogP contribution in [0, 0.1) is 0 Å². The highest BCUT2D eigenvalue weighted by atomic mass is 32.2. The van der Waals surface area contributed by atoms with Crippen LogP contribution in [0.25, 0.3) is 22.4 Å². The first-order valence-corrected chi connectivity index (χ1v) is 16.5. The molecule has 1 atom stereocenters. The third-order valence-corrected chi connectivity index (χ3v) is 10.4. The average molecular weight is 635 g/mol. The number of fused-ring (bicyclic) bond motifs is 1. The minimum absolute atomic E-state index is 0.0880. The van der Waals surface area contributed by atoms with E-state index < -0.39 is 9.84 Å². The van der Waals surface area contributed by atoms with Gasteiger partial charge in [0.2, 0.25) is 15.8 Å². The Bertz CT molecular complexity index is 1950. The van der Waals surface area contributed by atoms with Crippen LogP contribution in [-0.2, 0) is 23.4 Å². The number of anilines is 3. The van der Waals surface area contributed by atoms with Gasteiger partial charge in [0.05, 0.1) is 17.3 Å². The summed E-state index contributed by atoms with van der Waals surface area (Å²) in [6.45, 7) is 3.06. The molecule has 13 nitrogen and oxygen atoms in total. The normalized spacial score (nSPS) is 15.8. The molecule has 2 N–H and O–H groups in total. The summed E-state index contributed by atoms with van der Waals surface area (Å²) in [5.41, 5.74) is 3.72. The van der Waals surface area contributed by atoms with E-state index in [0.717, 1.165) is 42.2 Å². The van der Waals surface area contributed by atoms with E-state index >= 15 is 0 Å². The van der Waals surface area contributed by atoms with Gasteiger partial charge in [-0.2, -0.15) is 4.98 Å². The van der Waals surface area contributed by atoms with Gasteiger partial charge in [0.25, 0.3) is 5.56 Å². The minimum Gasteiger partial charge on any atom is -0.381 e. The Morgan fingerprint density at radius 3 is 2.55 bits per heavy atom. The molecule has 0 spiro atoms. The molecule has 1 unspecified atom stereocenters. The molecule has 5 aromatic rings. The number of aromatic nitrogens is 6. The van der Waals surface area contributed by atoms with Gasteiger partial charge in [0.1, 0.15) is 15.7 Å². The number of rotatable bonds is 10. The van der Waals surface area contributed by atoms with Gasteiger partial charge in [-0.05, 0) is 64.4 Å². The highest BCUT2D eigenvalue weighted by Gasteiger charge is 2.26. The first kappa shape index (κ1) is 29.9. The lowest BCUT2D eigenvalue weighted by atomic mass is 10.2. The SMILES string of the molecule is CN(C)CCn1c(=O)c(-c2nc(S(=O)(=O)c3cncs3)cn2C)cc2cnc(Nc3ccc(NC4CCN(C)C4)cc3)nc21. The Hall–Kier alpha value is -4.18. The lowest BCUT2D eigenvalue weighted by molar-refractivity contribution is 0.384. The van der Waals surface area contributed by atoms with Crippen LogP contribution in [0.1, 0.15) is 6.42 Å². The Labute approximate surface area is 259 Å². The predicted octanol–water partition coefficient (Wildman–Crippen LogP) is 2.90. The second-order valence-electron chi connectivity index (χ2n) is 11.2. The molecular weight excluding hydrogens is 601 g/mol. The summed E-state index contributed by atoms with van der Waals surface area (Å²) in [5, 5.41) is 7.31. The van der Waals surface area contributed by atoms with Crippen molar-refractivity contribution in [1.29, 1.82) is 0 Å². The maximum absolute atomic E-state index is 13.9. The van der Waals surface area contributed by atoms with E-state index in [1.54, 1.807) is 28.4 Å². The van der Waals surface area contributed by atoms with Crippen molar-refractivity contribution in [3.05, 3.63) is 64.8 Å². The van der Waals surface area contributed by atoms with Crippen molar-refractivity contribution >= 4 is 49.5 Å². The molecule has 1 aliphatic rings. The fraction of sp³-hybridized carbons (Fsp3) is 0.345. The van der Waals surface area contributed by atoms with Crippen LogP contribution in [0.3, 0.4) is 0 Å². The number of likely N-dealkylation sites (tertiary alicyclic amines) is 1. The molecule has 0 saturated carbocycles. The number of hydrogen-bond donors (Lipinski definition) is 2. The van der Waals surface area contributed by atoms with Gasteiger partial charge in [-0.25, -0.2) is 18.4 Å². The van der Waals surface area contributed by atoms with Gasteiger partial charge >= 0.3 is 0 Å². The summed E-state index contributed by atoms with van der Waals surface area (Å²) in [7, 11) is 3.78. The molecule has 0 radical (unpaired) electrons. The molecular formula is C29H34N10O3S2. The van der Waals surface area contributed by atoms with Gasteiger partial charge in [0, 0.05) is 61.9 Å². The van der Waals surface area contributed by atoms with Crippen LogP contribution < -0.4 is 16.2 Å². The summed E-state index contributed by atoms with van der Waals surface area (Å²) in [4.78, 5) is 35.8. The van der Waals surface area contributed by atoms with E-state index in [9.17, 15) is 13.2 Å². The quantitative estimate of drug-likeness (QED) is 0.234. The third-order valence-electron chi connectivity index (χ3n) is 7.55. The summed E-state index contributed by atoms with van der Waals surface area (Å²) in [6, 6.07) is 10.1. The zero-order valence-corrected chi connectivity index (χ0v) is 26.6. The molecule has 5 heterocycles. The van der Waals surface area contributed by atoms with E-state index in [1.807, 2.05) is 43.3 Å². The number of sulfone groups is 1. The van der Waals surface area contributed by atoms with E-state index in [1.165, 1.54) is 17.9 Å². The summed E-state index contributed by atoms with van der Waals surface area (Å²) >= 11 is 1.02. The van der Waals surface area contributed by atoms with Crippen molar-refractivity contribution in [2.75, 3.05) is 51.4 Å². The van der Waals surface area contributed by atoms with E-state index in [4.69, 9.17) is 4.98 Å². The van der Waals surface area contributed by atoms with Crippen molar-refractivity contribution in [3.8, 4) is 11.4 Å². The van der Waals surface area contributed by atoms with Crippen LogP contribution in [0.5, 0.6) is 0 Å². The number of likely N-dealkylation sites (N-methyl/N-ethyl adjacent to an activating group) is 2. The number of aryl methyl sites for hydroxylation is 1. The molecule has 1 aromatic carbocycles. The van der Waals surface area contributed by atoms with Gasteiger partial charge in [-0.15, -0.1) is 11.3 Å². The van der Waals surface area contributed by atoms with Crippen molar-refractivity contribution in [2.24, 2.45) is 7.05 Å². The molecule has 15 heteroatoms. The Kier molecular flexibility index (Phi) is 8.20. The van der Waals surface area contributed by atoms with Crippen molar-refractivity contribution in [3.63, 3.8) is 0 Å². The monoisotopic (exact) mass is 634 g/mol. The molecule has 1 aliphatic heterocycles.